The largest absolute Gasteiger partial charge is 0.444 e. The van der Waals surface area contributed by atoms with E-state index < -0.39 is 5.60 Å². The van der Waals surface area contributed by atoms with Crippen molar-refractivity contribution in [3.05, 3.63) is 0 Å². The fourth-order valence-electron chi connectivity index (χ4n) is 2.41. The van der Waals surface area contributed by atoms with Crippen LogP contribution in [0.15, 0.2) is 0 Å². The molecule has 1 saturated carbocycles. The summed E-state index contributed by atoms with van der Waals surface area (Å²) < 4.78 is 5.22. The smallest absolute Gasteiger partial charge is 0.407 e. The molecule has 0 unspecified atom stereocenters. The van der Waals surface area contributed by atoms with Gasteiger partial charge in [0.15, 0.2) is 0 Å². The van der Waals surface area contributed by atoms with Crippen molar-refractivity contribution in [2.75, 3.05) is 13.1 Å². The van der Waals surface area contributed by atoms with Gasteiger partial charge in [0.1, 0.15) is 5.60 Å². The Morgan fingerprint density at radius 2 is 2.13 bits per heavy atom. The number of carbonyl (C=O) groups is 1. The molecule has 2 fully saturated rings. The number of fused-ring (bicyclic) bond motifs is 1. The van der Waals surface area contributed by atoms with Crippen LogP contribution in [0.5, 0.6) is 0 Å². The Labute approximate surface area is 90.8 Å². The number of ether oxygens (including phenoxy) is 1. The van der Waals surface area contributed by atoms with Crippen LogP contribution in [-0.2, 0) is 4.74 Å². The number of hydrogen-bond acceptors (Lipinski definition) is 3. The van der Waals surface area contributed by atoms with E-state index in [-0.39, 0.29) is 6.09 Å². The van der Waals surface area contributed by atoms with E-state index in [2.05, 4.69) is 10.6 Å². The lowest BCUT2D eigenvalue weighted by molar-refractivity contribution is 0.0403. The molecule has 0 aromatic carbocycles. The quantitative estimate of drug-likeness (QED) is 0.685. The minimum Gasteiger partial charge on any atom is -0.444 e. The minimum absolute atomic E-state index is 0.280. The zero-order chi connectivity index (χ0) is 11.1. The van der Waals surface area contributed by atoms with Crippen LogP contribution in [0.25, 0.3) is 0 Å². The van der Waals surface area contributed by atoms with Gasteiger partial charge < -0.3 is 15.4 Å². The first-order chi connectivity index (χ1) is 6.96. The zero-order valence-electron chi connectivity index (χ0n) is 9.67. The van der Waals surface area contributed by atoms with Gasteiger partial charge in [0.25, 0.3) is 0 Å². The topological polar surface area (TPSA) is 50.4 Å². The predicted molar refractivity (Wildman–Crippen MR) is 57.6 cm³/mol. The first-order valence-electron chi connectivity index (χ1n) is 5.66. The van der Waals surface area contributed by atoms with Gasteiger partial charge in [-0.25, -0.2) is 4.79 Å². The molecule has 2 aliphatic rings. The van der Waals surface area contributed by atoms with Crippen molar-refractivity contribution in [2.45, 2.75) is 38.8 Å². The molecule has 4 nitrogen and oxygen atoms in total. The number of carbonyl (C=O) groups excluding carboxylic acids is 1. The van der Waals surface area contributed by atoms with E-state index in [1.807, 2.05) is 20.8 Å². The third-order valence-corrected chi connectivity index (χ3v) is 3.17. The molecule has 0 spiro atoms. The van der Waals surface area contributed by atoms with Gasteiger partial charge in [-0.05, 0) is 45.6 Å². The van der Waals surface area contributed by atoms with Gasteiger partial charge in [0.05, 0.1) is 0 Å². The van der Waals surface area contributed by atoms with E-state index in [9.17, 15) is 4.79 Å². The standard InChI is InChI=1S/C11H20N2O2/c1-11(2,3)15-10(14)13-9-4-7-5-12-6-8(7)9/h7-9,12H,4-6H2,1-3H3,(H,13,14)/t7-,8-,9-/m1/s1. The zero-order valence-corrected chi connectivity index (χ0v) is 9.67. The summed E-state index contributed by atoms with van der Waals surface area (Å²) in [6.45, 7) is 7.79. The van der Waals surface area contributed by atoms with Crippen LogP contribution in [0.3, 0.4) is 0 Å². The van der Waals surface area contributed by atoms with Gasteiger partial charge in [0, 0.05) is 12.6 Å². The summed E-state index contributed by atoms with van der Waals surface area (Å²) in [4.78, 5) is 11.5. The molecule has 2 rings (SSSR count). The Bertz CT molecular complexity index is 260. The second-order valence-electron chi connectivity index (χ2n) is 5.57. The number of alkyl carbamates (subject to hydrolysis) is 1. The van der Waals surface area contributed by atoms with Crippen LogP contribution < -0.4 is 10.6 Å². The maximum atomic E-state index is 11.5. The van der Waals surface area contributed by atoms with Crippen LogP contribution in [0.4, 0.5) is 4.79 Å². The van der Waals surface area contributed by atoms with Gasteiger partial charge in [-0.15, -0.1) is 0 Å². The number of rotatable bonds is 1. The molecule has 4 heteroatoms. The fraction of sp³-hybridized carbons (Fsp3) is 0.909. The first-order valence-corrected chi connectivity index (χ1v) is 5.66. The summed E-state index contributed by atoms with van der Waals surface area (Å²) in [7, 11) is 0. The maximum absolute atomic E-state index is 11.5. The SMILES string of the molecule is CC(C)(C)OC(=O)N[C@@H]1C[C@@H]2CNC[C@H]21. The van der Waals surface area contributed by atoms with Crippen molar-refractivity contribution in [1.29, 1.82) is 0 Å². The van der Waals surface area contributed by atoms with Crippen LogP contribution >= 0.6 is 0 Å². The van der Waals surface area contributed by atoms with E-state index in [1.165, 1.54) is 0 Å². The minimum atomic E-state index is -0.402. The number of hydrogen-bond donors (Lipinski definition) is 2. The number of amides is 1. The highest BCUT2D eigenvalue weighted by atomic mass is 16.6. The van der Waals surface area contributed by atoms with E-state index in [0.717, 1.165) is 25.4 Å². The van der Waals surface area contributed by atoms with E-state index in [1.54, 1.807) is 0 Å². The monoisotopic (exact) mass is 212 g/mol. The molecule has 0 bridgehead atoms. The second kappa shape index (κ2) is 3.67. The normalized spacial score (nSPS) is 34.2. The Morgan fingerprint density at radius 1 is 1.40 bits per heavy atom. The summed E-state index contributed by atoms with van der Waals surface area (Å²) >= 11 is 0. The molecule has 15 heavy (non-hydrogen) atoms. The van der Waals surface area contributed by atoms with Crippen molar-refractivity contribution in [2.24, 2.45) is 11.8 Å². The van der Waals surface area contributed by atoms with Crippen molar-refractivity contribution in [3.8, 4) is 0 Å². The van der Waals surface area contributed by atoms with Gasteiger partial charge in [0.2, 0.25) is 0 Å². The van der Waals surface area contributed by atoms with E-state index >= 15 is 0 Å². The molecule has 1 aliphatic heterocycles. The maximum Gasteiger partial charge on any atom is 0.407 e. The lowest BCUT2D eigenvalue weighted by Gasteiger charge is -2.40. The second-order valence-corrected chi connectivity index (χ2v) is 5.57. The molecule has 1 saturated heterocycles. The van der Waals surface area contributed by atoms with Gasteiger partial charge in [-0.3, -0.25) is 0 Å². The van der Waals surface area contributed by atoms with Gasteiger partial charge >= 0.3 is 6.09 Å². The Morgan fingerprint density at radius 3 is 2.73 bits per heavy atom. The third kappa shape index (κ3) is 2.43. The summed E-state index contributed by atoms with van der Waals surface area (Å²) in [5.74, 6) is 1.39. The van der Waals surface area contributed by atoms with Crippen molar-refractivity contribution in [3.63, 3.8) is 0 Å². The highest BCUT2D eigenvalue weighted by molar-refractivity contribution is 5.68. The molecule has 1 amide bonds. The Balaban J connectivity index is 1.76. The highest BCUT2D eigenvalue weighted by Gasteiger charge is 2.44. The molecule has 1 aliphatic carbocycles. The Hall–Kier alpha value is -0.770. The van der Waals surface area contributed by atoms with Gasteiger partial charge in [-0.1, -0.05) is 0 Å². The molecular weight excluding hydrogens is 192 g/mol. The molecule has 0 aromatic heterocycles. The van der Waals surface area contributed by atoms with Crippen LogP contribution in [0.2, 0.25) is 0 Å². The van der Waals surface area contributed by atoms with Crippen LogP contribution in [0, 0.1) is 11.8 Å². The molecule has 0 radical (unpaired) electrons. The van der Waals surface area contributed by atoms with Crippen LogP contribution in [0.1, 0.15) is 27.2 Å². The summed E-state index contributed by atoms with van der Waals surface area (Å²) in [6, 6.07) is 0.319. The van der Waals surface area contributed by atoms with Crippen molar-refractivity contribution in [1.82, 2.24) is 10.6 Å². The van der Waals surface area contributed by atoms with E-state index in [0.29, 0.717) is 12.0 Å². The Kier molecular flexibility index (Phi) is 2.63. The van der Waals surface area contributed by atoms with Crippen molar-refractivity contribution < 1.29 is 9.53 Å². The lowest BCUT2D eigenvalue weighted by atomic mass is 9.71. The molecule has 2 N–H and O–H groups in total. The predicted octanol–water partition coefficient (Wildman–Crippen LogP) is 1.12. The van der Waals surface area contributed by atoms with E-state index in [4.69, 9.17) is 4.74 Å². The summed E-state index contributed by atoms with van der Waals surface area (Å²) in [6.07, 6.45) is 0.814. The highest BCUT2D eigenvalue weighted by Crippen LogP contribution is 2.37. The van der Waals surface area contributed by atoms with Gasteiger partial charge in [-0.2, -0.15) is 0 Å². The molecule has 86 valence electrons. The number of nitrogens with one attached hydrogen (secondary N) is 2. The molecular formula is C11H20N2O2. The molecule has 0 aromatic rings. The molecule has 3 atom stereocenters. The summed E-state index contributed by atoms with van der Waals surface area (Å²) in [5.41, 5.74) is -0.402. The van der Waals surface area contributed by atoms with Crippen LogP contribution in [-0.4, -0.2) is 30.8 Å². The summed E-state index contributed by atoms with van der Waals surface area (Å²) in [5, 5.41) is 6.29. The average molecular weight is 212 g/mol. The first kappa shape index (κ1) is 10.7. The average Bonchev–Trinajstić information content (AvgIpc) is 2.39. The molecule has 1 heterocycles. The fourth-order valence-corrected chi connectivity index (χ4v) is 2.41. The van der Waals surface area contributed by atoms with Crippen molar-refractivity contribution >= 4 is 6.09 Å². The third-order valence-electron chi connectivity index (χ3n) is 3.17. The lowest BCUT2D eigenvalue weighted by Crippen LogP contribution is -2.52.